The molecule has 0 fully saturated rings. The summed E-state index contributed by atoms with van der Waals surface area (Å²) in [5.41, 5.74) is 3.22. The van der Waals surface area contributed by atoms with Crippen molar-refractivity contribution in [2.75, 3.05) is 13.2 Å². The van der Waals surface area contributed by atoms with Crippen LogP contribution in [0.1, 0.15) is 34.2 Å². The standard InChI is InChI=1S/C19H23FN2O3/c1-4-22-13(2)11-17(14(22)3)19(24)25-12-18(23)21-10-9-15-5-7-16(20)8-6-15/h5-8,11H,4,9-10,12H2,1-3H3,(H,21,23). The van der Waals surface area contributed by atoms with Gasteiger partial charge in [-0.05, 0) is 51.0 Å². The van der Waals surface area contributed by atoms with Gasteiger partial charge < -0.3 is 14.6 Å². The molecule has 1 aromatic heterocycles. The van der Waals surface area contributed by atoms with Crippen molar-refractivity contribution in [1.29, 1.82) is 0 Å². The molecule has 0 radical (unpaired) electrons. The fourth-order valence-electron chi connectivity index (χ4n) is 2.75. The van der Waals surface area contributed by atoms with Crippen molar-refractivity contribution in [2.45, 2.75) is 33.7 Å². The van der Waals surface area contributed by atoms with Crippen LogP contribution in [0.15, 0.2) is 30.3 Å². The summed E-state index contributed by atoms with van der Waals surface area (Å²) in [6.45, 7) is 6.63. The van der Waals surface area contributed by atoms with Crippen LogP contribution in [-0.2, 0) is 22.5 Å². The number of aryl methyl sites for hydroxylation is 1. The zero-order valence-corrected chi connectivity index (χ0v) is 14.8. The van der Waals surface area contributed by atoms with Gasteiger partial charge in [-0.3, -0.25) is 4.79 Å². The van der Waals surface area contributed by atoms with Crippen LogP contribution < -0.4 is 5.32 Å². The molecule has 134 valence electrons. The summed E-state index contributed by atoms with van der Waals surface area (Å²) in [5, 5.41) is 2.68. The SMILES string of the molecule is CCn1c(C)cc(C(=O)OCC(=O)NCCc2ccc(F)cc2)c1C. The molecule has 0 unspecified atom stereocenters. The molecule has 0 bridgehead atoms. The number of hydrogen-bond donors (Lipinski definition) is 1. The minimum atomic E-state index is -0.499. The molecule has 2 aromatic rings. The van der Waals surface area contributed by atoms with Gasteiger partial charge in [0.2, 0.25) is 0 Å². The van der Waals surface area contributed by atoms with E-state index >= 15 is 0 Å². The lowest BCUT2D eigenvalue weighted by Crippen LogP contribution is -2.30. The van der Waals surface area contributed by atoms with Crippen LogP contribution >= 0.6 is 0 Å². The van der Waals surface area contributed by atoms with Crippen LogP contribution in [0.5, 0.6) is 0 Å². The zero-order chi connectivity index (χ0) is 18.4. The lowest BCUT2D eigenvalue weighted by Gasteiger charge is -2.08. The number of benzene rings is 1. The maximum atomic E-state index is 12.8. The highest BCUT2D eigenvalue weighted by Gasteiger charge is 2.17. The first-order valence-electron chi connectivity index (χ1n) is 8.27. The molecule has 0 aliphatic heterocycles. The van der Waals surface area contributed by atoms with Crippen LogP contribution in [0.25, 0.3) is 0 Å². The Hall–Kier alpha value is -2.63. The van der Waals surface area contributed by atoms with E-state index in [0.717, 1.165) is 23.5 Å². The number of esters is 1. The molecule has 6 heteroatoms. The van der Waals surface area contributed by atoms with Gasteiger partial charge in [0, 0.05) is 24.5 Å². The number of ether oxygens (including phenoxy) is 1. The third-order valence-electron chi connectivity index (χ3n) is 4.09. The van der Waals surface area contributed by atoms with Crippen molar-refractivity contribution < 1.29 is 18.7 Å². The van der Waals surface area contributed by atoms with Gasteiger partial charge in [-0.2, -0.15) is 0 Å². The predicted octanol–water partition coefficient (Wildman–Crippen LogP) is 2.78. The number of aromatic nitrogens is 1. The van der Waals surface area contributed by atoms with Gasteiger partial charge in [0.1, 0.15) is 5.82 Å². The van der Waals surface area contributed by atoms with Gasteiger partial charge in [-0.1, -0.05) is 12.1 Å². The Kier molecular flexibility index (Phi) is 6.33. The van der Waals surface area contributed by atoms with Gasteiger partial charge in [0.05, 0.1) is 5.56 Å². The molecule has 0 spiro atoms. The lowest BCUT2D eigenvalue weighted by molar-refractivity contribution is -0.124. The van der Waals surface area contributed by atoms with E-state index in [-0.39, 0.29) is 18.3 Å². The molecule has 1 amide bonds. The van der Waals surface area contributed by atoms with Gasteiger partial charge >= 0.3 is 5.97 Å². The molecule has 1 aromatic carbocycles. The lowest BCUT2D eigenvalue weighted by atomic mass is 10.1. The number of halogens is 1. The van der Waals surface area contributed by atoms with E-state index in [1.807, 2.05) is 25.3 Å². The summed E-state index contributed by atoms with van der Waals surface area (Å²) < 4.78 is 19.9. The number of nitrogens with zero attached hydrogens (tertiary/aromatic N) is 1. The Labute approximate surface area is 146 Å². The first kappa shape index (κ1) is 18.7. The van der Waals surface area contributed by atoms with Crippen LogP contribution in [-0.4, -0.2) is 29.6 Å². The molecular formula is C19H23FN2O3. The maximum Gasteiger partial charge on any atom is 0.340 e. The number of hydrogen-bond acceptors (Lipinski definition) is 3. The van der Waals surface area contributed by atoms with Crippen molar-refractivity contribution in [3.8, 4) is 0 Å². The first-order valence-corrected chi connectivity index (χ1v) is 8.27. The predicted molar refractivity (Wildman–Crippen MR) is 93.0 cm³/mol. The van der Waals surface area contributed by atoms with Crippen molar-refractivity contribution >= 4 is 11.9 Å². The van der Waals surface area contributed by atoms with Crippen LogP contribution in [0, 0.1) is 19.7 Å². The van der Waals surface area contributed by atoms with Gasteiger partial charge in [0.25, 0.3) is 5.91 Å². The Morgan fingerprint density at radius 1 is 1.20 bits per heavy atom. The number of rotatable bonds is 7. The van der Waals surface area contributed by atoms with Crippen molar-refractivity contribution in [2.24, 2.45) is 0 Å². The Morgan fingerprint density at radius 3 is 2.48 bits per heavy atom. The van der Waals surface area contributed by atoms with Crippen molar-refractivity contribution in [1.82, 2.24) is 9.88 Å². The van der Waals surface area contributed by atoms with E-state index in [1.165, 1.54) is 12.1 Å². The Balaban J connectivity index is 1.77. The molecule has 5 nitrogen and oxygen atoms in total. The zero-order valence-electron chi connectivity index (χ0n) is 14.8. The molecule has 25 heavy (non-hydrogen) atoms. The monoisotopic (exact) mass is 346 g/mol. The summed E-state index contributed by atoms with van der Waals surface area (Å²) in [6, 6.07) is 7.88. The number of nitrogens with one attached hydrogen (secondary N) is 1. The fourth-order valence-corrected chi connectivity index (χ4v) is 2.75. The van der Waals surface area contributed by atoms with Crippen LogP contribution in [0.3, 0.4) is 0 Å². The molecule has 0 atom stereocenters. The summed E-state index contributed by atoms with van der Waals surface area (Å²) in [7, 11) is 0. The highest BCUT2D eigenvalue weighted by atomic mass is 19.1. The normalized spacial score (nSPS) is 10.6. The number of carbonyl (C=O) groups is 2. The smallest absolute Gasteiger partial charge is 0.340 e. The maximum absolute atomic E-state index is 12.8. The molecule has 1 N–H and O–H groups in total. The molecule has 0 aliphatic carbocycles. The summed E-state index contributed by atoms with van der Waals surface area (Å²) in [4.78, 5) is 23.9. The second-order valence-corrected chi connectivity index (χ2v) is 5.83. The van der Waals surface area contributed by atoms with Gasteiger partial charge in [0.15, 0.2) is 6.61 Å². The van der Waals surface area contributed by atoms with Crippen molar-refractivity contribution in [3.63, 3.8) is 0 Å². The third-order valence-corrected chi connectivity index (χ3v) is 4.09. The quantitative estimate of drug-likeness (QED) is 0.784. The molecule has 0 saturated heterocycles. The Bertz CT molecular complexity index is 751. The summed E-state index contributed by atoms with van der Waals surface area (Å²) in [5.74, 6) is -1.15. The fraction of sp³-hybridized carbons (Fsp3) is 0.368. The van der Waals surface area contributed by atoms with E-state index in [1.54, 1.807) is 18.2 Å². The van der Waals surface area contributed by atoms with E-state index in [0.29, 0.717) is 18.5 Å². The molecule has 1 heterocycles. The number of carbonyl (C=O) groups excluding carboxylic acids is 2. The second kappa shape index (κ2) is 8.46. The Morgan fingerprint density at radius 2 is 1.88 bits per heavy atom. The summed E-state index contributed by atoms with van der Waals surface area (Å²) in [6.07, 6.45) is 0.581. The topological polar surface area (TPSA) is 60.3 Å². The first-order chi connectivity index (χ1) is 11.9. The van der Waals surface area contributed by atoms with Gasteiger partial charge in [-0.25, -0.2) is 9.18 Å². The molecule has 2 rings (SSSR count). The highest BCUT2D eigenvalue weighted by Crippen LogP contribution is 2.15. The largest absolute Gasteiger partial charge is 0.452 e. The second-order valence-electron chi connectivity index (χ2n) is 5.83. The summed E-state index contributed by atoms with van der Waals surface area (Å²) >= 11 is 0. The molecular weight excluding hydrogens is 323 g/mol. The number of amides is 1. The minimum Gasteiger partial charge on any atom is -0.452 e. The van der Waals surface area contributed by atoms with Gasteiger partial charge in [-0.15, -0.1) is 0 Å². The molecule has 0 aliphatic rings. The minimum absolute atomic E-state index is 0.290. The van der Waals surface area contributed by atoms with Crippen molar-refractivity contribution in [3.05, 3.63) is 58.7 Å². The average molecular weight is 346 g/mol. The van der Waals surface area contributed by atoms with Crippen LogP contribution in [0.4, 0.5) is 4.39 Å². The van der Waals surface area contributed by atoms with E-state index in [9.17, 15) is 14.0 Å². The van der Waals surface area contributed by atoms with E-state index < -0.39 is 5.97 Å². The molecule has 0 saturated carbocycles. The van der Waals surface area contributed by atoms with Crippen LogP contribution in [0.2, 0.25) is 0 Å². The van der Waals surface area contributed by atoms with E-state index in [2.05, 4.69) is 5.32 Å². The third kappa shape index (κ3) is 4.92. The highest BCUT2D eigenvalue weighted by molar-refractivity contribution is 5.92. The van der Waals surface area contributed by atoms with E-state index in [4.69, 9.17) is 4.74 Å². The average Bonchev–Trinajstić information content (AvgIpc) is 2.88.